The van der Waals surface area contributed by atoms with Crippen molar-refractivity contribution < 1.29 is 4.39 Å². The van der Waals surface area contributed by atoms with Crippen molar-refractivity contribution in [1.29, 1.82) is 0 Å². The van der Waals surface area contributed by atoms with Gasteiger partial charge in [-0.25, -0.2) is 0 Å². The third-order valence-electron chi connectivity index (χ3n) is 3.55. The summed E-state index contributed by atoms with van der Waals surface area (Å²) in [5, 5.41) is 3.68. The standard InChI is InChI=1S/C15H11FN2/c1-18-8-9-6-7-12-14(13(9)15(18)16)10-4-2-3-5-11(10)17-12/h2-8,17H,1H3. The molecule has 2 aromatic heterocycles. The predicted octanol–water partition coefficient (Wildman–Crippen LogP) is 3.95. The number of benzene rings is 2. The zero-order valence-electron chi connectivity index (χ0n) is 9.87. The average Bonchev–Trinajstić information content (AvgIpc) is 2.88. The Hall–Kier alpha value is -2.29. The van der Waals surface area contributed by atoms with Gasteiger partial charge in [-0.1, -0.05) is 24.3 Å². The van der Waals surface area contributed by atoms with E-state index in [9.17, 15) is 4.39 Å². The first-order valence-corrected chi connectivity index (χ1v) is 5.89. The van der Waals surface area contributed by atoms with Gasteiger partial charge in [-0.15, -0.1) is 0 Å². The van der Waals surface area contributed by atoms with Crippen molar-refractivity contribution in [1.82, 2.24) is 9.55 Å². The highest BCUT2D eigenvalue weighted by Gasteiger charge is 2.13. The summed E-state index contributed by atoms with van der Waals surface area (Å²) in [6, 6.07) is 12.0. The van der Waals surface area contributed by atoms with E-state index in [1.807, 2.05) is 42.6 Å². The van der Waals surface area contributed by atoms with E-state index in [1.165, 1.54) is 4.57 Å². The van der Waals surface area contributed by atoms with Crippen molar-refractivity contribution in [2.45, 2.75) is 0 Å². The van der Waals surface area contributed by atoms with E-state index in [4.69, 9.17) is 0 Å². The molecule has 18 heavy (non-hydrogen) atoms. The minimum atomic E-state index is -0.180. The second-order valence-corrected chi connectivity index (χ2v) is 4.65. The molecule has 0 atom stereocenters. The molecule has 0 saturated carbocycles. The van der Waals surface area contributed by atoms with Crippen molar-refractivity contribution in [2.75, 3.05) is 0 Å². The Morgan fingerprint density at radius 1 is 1.00 bits per heavy atom. The van der Waals surface area contributed by atoms with Gasteiger partial charge in [0.05, 0.1) is 0 Å². The van der Waals surface area contributed by atoms with Gasteiger partial charge in [0.15, 0.2) is 0 Å². The summed E-state index contributed by atoms with van der Waals surface area (Å²) in [5.74, 6) is -0.180. The molecule has 3 heteroatoms. The van der Waals surface area contributed by atoms with Crippen molar-refractivity contribution in [2.24, 2.45) is 7.05 Å². The summed E-state index contributed by atoms with van der Waals surface area (Å²) in [7, 11) is 1.73. The van der Waals surface area contributed by atoms with Crippen LogP contribution in [0.5, 0.6) is 0 Å². The number of nitrogens with one attached hydrogen (secondary N) is 1. The largest absolute Gasteiger partial charge is 0.354 e. The fraction of sp³-hybridized carbons (Fsp3) is 0.0667. The Kier molecular flexibility index (Phi) is 1.69. The summed E-state index contributed by atoms with van der Waals surface area (Å²) in [6.07, 6.45) is 1.83. The lowest BCUT2D eigenvalue weighted by Gasteiger charge is -1.95. The van der Waals surface area contributed by atoms with E-state index >= 15 is 0 Å². The first-order valence-electron chi connectivity index (χ1n) is 5.89. The molecule has 0 bridgehead atoms. The Labute approximate surface area is 103 Å². The van der Waals surface area contributed by atoms with Crippen molar-refractivity contribution in [3.63, 3.8) is 0 Å². The smallest absolute Gasteiger partial charge is 0.202 e. The van der Waals surface area contributed by atoms with Crippen LogP contribution in [0.15, 0.2) is 42.6 Å². The number of aryl methyl sites for hydroxylation is 1. The number of hydrogen-bond acceptors (Lipinski definition) is 0. The summed E-state index contributed by atoms with van der Waals surface area (Å²) >= 11 is 0. The fourth-order valence-corrected chi connectivity index (χ4v) is 2.73. The summed E-state index contributed by atoms with van der Waals surface area (Å²) in [6.45, 7) is 0. The van der Waals surface area contributed by atoms with Crippen LogP contribution >= 0.6 is 0 Å². The molecular weight excluding hydrogens is 227 g/mol. The SMILES string of the molecule is Cn1cc2ccc3[nH]c4ccccc4c3c2c1F. The molecule has 0 aliphatic carbocycles. The molecule has 2 heterocycles. The monoisotopic (exact) mass is 238 g/mol. The lowest BCUT2D eigenvalue weighted by atomic mass is 10.1. The first kappa shape index (κ1) is 9.71. The predicted molar refractivity (Wildman–Crippen MR) is 72.2 cm³/mol. The van der Waals surface area contributed by atoms with Gasteiger partial charge >= 0.3 is 0 Å². The van der Waals surface area contributed by atoms with E-state index in [-0.39, 0.29) is 5.95 Å². The molecule has 0 unspecified atom stereocenters. The molecule has 4 rings (SSSR count). The lowest BCUT2D eigenvalue weighted by molar-refractivity contribution is 0.545. The fourth-order valence-electron chi connectivity index (χ4n) is 2.73. The van der Waals surface area contributed by atoms with E-state index in [2.05, 4.69) is 4.98 Å². The highest BCUT2D eigenvalue weighted by Crippen LogP contribution is 2.33. The first-order chi connectivity index (χ1) is 8.75. The maximum Gasteiger partial charge on any atom is 0.202 e. The molecule has 0 amide bonds. The van der Waals surface area contributed by atoms with Gasteiger partial charge in [0.1, 0.15) is 0 Å². The van der Waals surface area contributed by atoms with Crippen LogP contribution < -0.4 is 0 Å². The molecule has 0 aliphatic heterocycles. The van der Waals surface area contributed by atoms with Gasteiger partial charge in [0, 0.05) is 45.8 Å². The normalized spacial score (nSPS) is 11.9. The maximum atomic E-state index is 14.2. The summed E-state index contributed by atoms with van der Waals surface area (Å²) in [4.78, 5) is 3.33. The van der Waals surface area contributed by atoms with Gasteiger partial charge < -0.3 is 9.55 Å². The Morgan fingerprint density at radius 2 is 1.83 bits per heavy atom. The second-order valence-electron chi connectivity index (χ2n) is 4.65. The van der Waals surface area contributed by atoms with E-state index in [0.717, 1.165) is 27.2 Å². The van der Waals surface area contributed by atoms with Gasteiger partial charge in [-0.05, 0) is 12.1 Å². The molecule has 0 fully saturated rings. The van der Waals surface area contributed by atoms with Gasteiger partial charge in [-0.3, -0.25) is 0 Å². The number of aromatic nitrogens is 2. The topological polar surface area (TPSA) is 20.7 Å². The molecule has 0 saturated heterocycles. The van der Waals surface area contributed by atoms with E-state index < -0.39 is 0 Å². The van der Waals surface area contributed by atoms with Gasteiger partial charge in [-0.2, -0.15) is 4.39 Å². The third-order valence-corrected chi connectivity index (χ3v) is 3.55. The number of para-hydroxylation sites is 1. The lowest BCUT2D eigenvalue weighted by Crippen LogP contribution is -1.87. The minimum Gasteiger partial charge on any atom is -0.354 e. The third kappa shape index (κ3) is 1.06. The molecule has 2 aromatic carbocycles. The van der Waals surface area contributed by atoms with Crippen LogP contribution in [-0.4, -0.2) is 9.55 Å². The van der Waals surface area contributed by atoms with Crippen LogP contribution in [0, 0.1) is 5.95 Å². The molecule has 88 valence electrons. The number of aromatic amines is 1. The van der Waals surface area contributed by atoms with Crippen LogP contribution in [0.1, 0.15) is 0 Å². The van der Waals surface area contributed by atoms with Crippen LogP contribution in [0.2, 0.25) is 0 Å². The van der Waals surface area contributed by atoms with Crippen LogP contribution in [0.25, 0.3) is 32.6 Å². The molecule has 0 radical (unpaired) electrons. The quantitative estimate of drug-likeness (QED) is 0.479. The van der Waals surface area contributed by atoms with Crippen LogP contribution in [-0.2, 0) is 7.05 Å². The summed E-state index contributed by atoms with van der Waals surface area (Å²) < 4.78 is 15.8. The zero-order valence-corrected chi connectivity index (χ0v) is 9.87. The second kappa shape index (κ2) is 3.13. The average molecular weight is 238 g/mol. The minimum absolute atomic E-state index is 0.180. The Bertz CT molecular complexity index is 899. The van der Waals surface area contributed by atoms with Crippen molar-refractivity contribution >= 4 is 32.6 Å². The molecule has 0 spiro atoms. The molecule has 4 aromatic rings. The van der Waals surface area contributed by atoms with Gasteiger partial charge in [0.2, 0.25) is 5.95 Å². The highest BCUT2D eigenvalue weighted by atomic mass is 19.1. The molecule has 0 aliphatic rings. The van der Waals surface area contributed by atoms with Crippen molar-refractivity contribution in [3.05, 3.63) is 48.5 Å². The number of rotatable bonds is 0. The van der Waals surface area contributed by atoms with Gasteiger partial charge in [0.25, 0.3) is 0 Å². The molecule has 1 N–H and O–H groups in total. The number of nitrogens with zero attached hydrogens (tertiary/aromatic N) is 1. The van der Waals surface area contributed by atoms with E-state index in [1.54, 1.807) is 7.05 Å². The van der Waals surface area contributed by atoms with Crippen molar-refractivity contribution in [3.8, 4) is 0 Å². The van der Waals surface area contributed by atoms with Crippen LogP contribution in [0.4, 0.5) is 4.39 Å². The Morgan fingerprint density at radius 3 is 2.72 bits per heavy atom. The zero-order chi connectivity index (χ0) is 12.3. The summed E-state index contributed by atoms with van der Waals surface area (Å²) in [5.41, 5.74) is 2.03. The highest BCUT2D eigenvalue weighted by molar-refractivity contribution is 6.20. The maximum absolute atomic E-state index is 14.2. The number of H-pyrrole nitrogens is 1. The molecule has 2 nitrogen and oxygen atoms in total. The van der Waals surface area contributed by atoms with Crippen LogP contribution in [0.3, 0.4) is 0 Å². The number of hydrogen-bond donors (Lipinski definition) is 1. The molecular formula is C15H11FN2. The number of fused-ring (bicyclic) bond motifs is 5. The van der Waals surface area contributed by atoms with E-state index in [0.29, 0.717) is 5.39 Å². The Balaban J connectivity index is 2.39. The number of halogens is 1.